The van der Waals surface area contributed by atoms with Crippen LogP contribution in [0.15, 0.2) is 43.0 Å². The average molecular weight is 402 g/mol. The summed E-state index contributed by atoms with van der Waals surface area (Å²) in [5.74, 6) is 0.575. The smallest absolute Gasteiger partial charge is 0.146 e. The Labute approximate surface area is 131 Å². The van der Waals surface area contributed by atoms with Crippen LogP contribution in [0.2, 0.25) is 0 Å². The molecule has 0 aliphatic rings. The molecule has 19 heavy (non-hydrogen) atoms. The lowest BCUT2D eigenvalue weighted by atomic mass is 10.1. The molecule has 0 bridgehead atoms. The Morgan fingerprint density at radius 3 is 2.68 bits per heavy atom. The number of furan rings is 1. The largest absolute Gasteiger partial charge is 0.458 e. The number of halogens is 2. The predicted molar refractivity (Wildman–Crippen MR) is 84.7 cm³/mol. The van der Waals surface area contributed by atoms with Gasteiger partial charge < -0.3 is 9.52 Å². The molecule has 0 saturated carbocycles. The first-order valence-corrected chi connectivity index (χ1v) is 8.08. The van der Waals surface area contributed by atoms with Crippen molar-refractivity contribution in [3.05, 3.63) is 54.8 Å². The van der Waals surface area contributed by atoms with Gasteiger partial charge in [0.05, 0.1) is 3.79 Å². The first-order chi connectivity index (χ1) is 9.06. The van der Waals surface area contributed by atoms with Crippen LogP contribution in [0.25, 0.3) is 11.0 Å². The quantitative estimate of drug-likeness (QED) is 0.622. The van der Waals surface area contributed by atoms with Gasteiger partial charge in [0.2, 0.25) is 0 Å². The molecule has 0 fully saturated rings. The lowest BCUT2D eigenvalue weighted by Crippen LogP contribution is -1.93. The van der Waals surface area contributed by atoms with Gasteiger partial charge in [-0.25, -0.2) is 0 Å². The number of fused-ring (bicyclic) bond motifs is 1. The van der Waals surface area contributed by atoms with Gasteiger partial charge in [-0.05, 0) is 56.5 Å². The molecular formula is C14H10Br2O2S. The van der Waals surface area contributed by atoms with Crippen molar-refractivity contribution in [1.29, 1.82) is 0 Å². The van der Waals surface area contributed by atoms with Gasteiger partial charge in [0.25, 0.3) is 0 Å². The molecule has 0 radical (unpaired) electrons. The topological polar surface area (TPSA) is 33.4 Å². The Balaban J connectivity index is 2.06. The Morgan fingerprint density at radius 2 is 2.05 bits per heavy atom. The standard InChI is InChI=1S/C14H10Br2O2S/c1-7-3-2-4-8-5-10(18-13(7)8)12(17)11-6-9(15)14(16)19-11/h2-6,12,17H,1H3. The summed E-state index contributed by atoms with van der Waals surface area (Å²) in [6.45, 7) is 2.00. The van der Waals surface area contributed by atoms with E-state index in [0.717, 1.165) is 29.7 Å². The van der Waals surface area contributed by atoms with Crippen LogP contribution in [-0.2, 0) is 0 Å². The van der Waals surface area contributed by atoms with Gasteiger partial charge in [-0.3, -0.25) is 0 Å². The van der Waals surface area contributed by atoms with Crippen molar-refractivity contribution in [2.75, 3.05) is 0 Å². The lowest BCUT2D eigenvalue weighted by molar-refractivity contribution is 0.196. The fourth-order valence-corrected chi connectivity index (χ4v) is 4.09. The molecule has 3 aromatic rings. The normalized spacial score (nSPS) is 13.1. The number of hydrogen-bond donors (Lipinski definition) is 1. The molecule has 1 unspecified atom stereocenters. The first-order valence-electron chi connectivity index (χ1n) is 5.68. The SMILES string of the molecule is Cc1cccc2cc(C(O)c3cc(Br)c(Br)s3)oc12. The molecular weight excluding hydrogens is 392 g/mol. The summed E-state index contributed by atoms with van der Waals surface area (Å²) in [4.78, 5) is 0.843. The van der Waals surface area contributed by atoms with Crippen LogP contribution in [0.4, 0.5) is 0 Å². The number of benzene rings is 1. The highest BCUT2D eigenvalue weighted by Gasteiger charge is 2.19. The number of aryl methyl sites for hydroxylation is 1. The van der Waals surface area contributed by atoms with Crippen LogP contribution in [0.3, 0.4) is 0 Å². The van der Waals surface area contributed by atoms with Gasteiger partial charge in [-0.2, -0.15) is 0 Å². The molecule has 1 N–H and O–H groups in total. The maximum atomic E-state index is 10.4. The Kier molecular flexibility index (Phi) is 3.55. The van der Waals surface area contributed by atoms with Gasteiger partial charge in [-0.1, -0.05) is 18.2 Å². The molecule has 0 saturated heterocycles. The molecule has 0 aliphatic carbocycles. The molecule has 0 amide bonds. The zero-order chi connectivity index (χ0) is 13.6. The molecule has 98 valence electrons. The van der Waals surface area contributed by atoms with E-state index in [9.17, 15) is 5.11 Å². The van der Waals surface area contributed by atoms with Gasteiger partial charge in [0, 0.05) is 14.7 Å². The number of aliphatic hydroxyl groups excluding tert-OH is 1. The van der Waals surface area contributed by atoms with Crippen LogP contribution in [0.5, 0.6) is 0 Å². The summed E-state index contributed by atoms with van der Waals surface area (Å²) in [6, 6.07) is 9.78. The van der Waals surface area contributed by atoms with Crippen LogP contribution in [0.1, 0.15) is 22.3 Å². The van der Waals surface area contributed by atoms with Gasteiger partial charge >= 0.3 is 0 Å². The highest BCUT2D eigenvalue weighted by atomic mass is 79.9. The van der Waals surface area contributed by atoms with Crippen molar-refractivity contribution in [2.45, 2.75) is 13.0 Å². The zero-order valence-corrected chi connectivity index (χ0v) is 14.0. The zero-order valence-electron chi connectivity index (χ0n) is 9.98. The van der Waals surface area contributed by atoms with E-state index >= 15 is 0 Å². The number of aliphatic hydroxyl groups is 1. The molecule has 2 aromatic heterocycles. The minimum absolute atomic E-state index is 0.575. The van der Waals surface area contributed by atoms with E-state index in [1.807, 2.05) is 37.3 Å². The first kappa shape index (κ1) is 13.4. The van der Waals surface area contributed by atoms with Gasteiger partial charge in [-0.15, -0.1) is 11.3 Å². The maximum absolute atomic E-state index is 10.4. The molecule has 1 aromatic carbocycles. The van der Waals surface area contributed by atoms with Crippen molar-refractivity contribution in [3.8, 4) is 0 Å². The van der Waals surface area contributed by atoms with E-state index in [0.29, 0.717) is 5.76 Å². The second kappa shape index (κ2) is 5.05. The summed E-state index contributed by atoms with van der Waals surface area (Å²) in [7, 11) is 0. The van der Waals surface area contributed by atoms with E-state index < -0.39 is 6.10 Å². The van der Waals surface area contributed by atoms with Crippen molar-refractivity contribution in [2.24, 2.45) is 0 Å². The molecule has 2 nitrogen and oxygen atoms in total. The van der Waals surface area contributed by atoms with Crippen LogP contribution in [-0.4, -0.2) is 5.11 Å². The Morgan fingerprint density at radius 1 is 1.26 bits per heavy atom. The van der Waals surface area contributed by atoms with E-state index in [-0.39, 0.29) is 0 Å². The molecule has 1 atom stereocenters. The summed E-state index contributed by atoms with van der Waals surface area (Å²) in [5, 5.41) is 11.4. The highest BCUT2D eigenvalue weighted by Crippen LogP contribution is 2.38. The predicted octanol–water partition coefficient (Wildman–Crippen LogP) is 5.41. The number of thiophene rings is 1. The summed E-state index contributed by atoms with van der Waals surface area (Å²) in [6.07, 6.45) is -0.737. The van der Waals surface area contributed by atoms with Crippen molar-refractivity contribution in [1.82, 2.24) is 0 Å². The Bertz CT molecular complexity index is 726. The lowest BCUT2D eigenvalue weighted by Gasteiger charge is -2.03. The second-order valence-electron chi connectivity index (χ2n) is 4.31. The number of hydrogen-bond acceptors (Lipinski definition) is 3. The number of rotatable bonds is 2. The van der Waals surface area contributed by atoms with Crippen LogP contribution >= 0.6 is 43.2 Å². The third kappa shape index (κ3) is 2.40. The summed E-state index contributed by atoms with van der Waals surface area (Å²) in [5.41, 5.74) is 1.91. The fourth-order valence-electron chi connectivity index (χ4n) is 2.00. The summed E-state index contributed by atoms with van der Waals surface area (Å²) >= 11 is 8.35. The molecule has 5 heteroatoms. The number of para-hydroxylation sites is 1. The van der Waals surface area contributed by atoms with E-state index in [1.165, 1.54) is 11.3 Å². The van der Waals surface area contributed by atoms with E-state index in [2.05, 4.69) is 31.9 Å². The molecule has 0 aliphatic heterocycles. The average Bonchev–Trinajstić information content (AvgIpc) is 2.94. The molecule has 0 spiro atoms. The highest BCUT2D eigenvalue weighted by molar-refractivity contribution is 9.13. The third-order valence-electron chi connectivity index (χ3n) is 2.96. The minimum Gasteiger partial charge on any atom is -0.458 e. The third-order valence-corrected chi connectivity index (χ3v) is 6.27. The van der Waals surface area contributed by atoms with E-state index in [4.69, 9.17) is 4.42 Å². The van der Waals surface area contributed by atoms with Gasteiger partial charge in [0.1, 0.15) is 17.4 Å². The van der Waals surface area contributed by atoms with E-state index in [1.54, 1.807) is 0 Å². The van der Waals surface area contributed by atoms with Crippen LogP contribution < -0.4 is 0 Å². The molecule has 3 rings (SSSR count). The maximum Gasteiger partial charge on any atom is 0.146 e. The Hall–Kier alpha value is -0.620. The van der Waals surface area contributed by atoms with Gasteiger partial charge in [0.15, 0.2) is 0 Å². The minimum atomic E-state index is -0.737. The van der Waals surface area contributed by atoms with Crippen molar-refractivity contribution >= 4 is 54.2 Å². The van der Waals surface area contributed by atoms with Crippen LogP contribution in [0, 0.1) is 6.92 Å². The fraction of sp³-hybridized carbons (Fsp3) is 0.143. The monoisotopic (exact) mass is 400 g/mol. The second-order valence-corrected chi connectivity index (χ2v) is 7.57. The van der Waals surface area contributed by atoms with Crippen molar-refractivity contribution in [3.63, 3.8) is 0 Å². The summed E-state index contributed by atoms with van der Waals surface area (Å²) < 4.78 is 7.70. The van der Waals surface area contributed by atoms with Crippen molar-refractivity contribution < 1.29 is 9.52 Å². The molecule has 2 heterocycles.